The van der Waals surface area contributed by atoms with Gasteiger partial charge >= 0.3 is 0 Å². The third-order valence-corrected chi connectivity index (χ3v) is 4.92. The molecule has 0 aromatic heterocycles. The summed E-state index contributed by atoms with van der Waals surface area (Å²) in [5, 5.41) is 0. The average molecular weight is 322 g/mol. The van der Waals surface area contributed by atoms with Gasteiger partial charge in [-0.25, -0.2) is 0 Å². The maximum atomic E-state index is 13.1. The lowest BCUT2D eigenvalue weighted by atomic mass is 9.97. The van der Waals surface area contributed by atoms with Crippen molar-refractivity contribution in [2.24, 2.45) is 11.7 Å². The van der Waals surface area contributed by atoms with Crippen LogP contribution in [0.2, 0.25) is 0 Å². The van der Waals surface area contributed by atoms with Crippen LogP contribution in [0.15, 0.2) is 48.5 Å². The van der Waals surface area contributed by atoms with Gasteiger partial charge in [0.05, 0.1) is 0 Å². The van der Waals surface area contributed by atoms with Crippen LogP contribution >= 0.6 is 0 Å². The molecule has 3 heteroatoms. The highest BCUT2D eigenvalue weighted by Crippen LogP contribution is 2.28. The van der Waals surface area contributed by atoms with Gasteiger partial charge in [0.1, 0.15) is 0 Å². The summed E-state index contributed by atoms with van der Waals surface area (Å²) in [6.45, 7) is 5.68. The number of hydrogen-bond donors (Lipinski definition) is 1. The molecule has 2 atom stereocenters. The summed E-state index contributed by atoms with van der Waals surface area (Å²) in [4.78, 5) is 15.0. The van der Waals surface area contributed by atoms with E-state index in [2.05, 4.69) is 32.0 Å². The second-order valence-corrected chi connectivity index (χ2v) is 6.84. The highest BCUT2D eigenvalue weighted by Gasteiger charge is 2.33. The molecule has 2 N–H and O–H groups in total. The molecule has 0 saturated carbocycles. The predicted molar refractivity (Wildman–Crippen MR) is 98.9 cm³/mol. The Labute approximate surface area is 144 Å². The first-order chi connectivity index (χ1) is 11.6. The fourth-order valence-corrected chi connectivity index (χ4v) is 3.64. The van der Waals surface area contributed by atoms with Crippen LogP contribution in [-0.4, -0.2) is 29.9 Å². The fourth-order valence-electron chi connectivity index (χ4n) is 3.64. The first-order valence-electron chi connectivity index (χ1n) is 8.81. The van der Waals surface area contributed by atoms with Gasteiger partial charge in [0, 0.05) is 24.7 Å². The minimum Gasteiger partial charge on any atom is -0.337 e. The van der Waals surface area contributed by atoms with Crippen LogP contribution in [0.25, 0.3) is 11.1 Å². The van der Waals surface area contributed by atoms with Gasteiger partial charge < -0.3 is 10.6 Å². The molecule has 126 valence electrons. The first-order valence-corrected chi connectivity index (χ1v) is 8.81. The third kappa shape index (κ3) is 3.36. The Bertz CT molecular complexity index is 725. The highest BCUT2D eigenvalue weighted by atomic mass is 16.2. The van der Waals surface area contributed by atoms with Gasteiger partial charge in [-0.3, -0.25) is 4.79 Å². The van der Waals surface area contributed by atoms with Crippen LogP contribution in [-0.2, 0) is 0 Å². The highest BCUT2D eigenvalue weighted by molar-refractivity contribution is 6.01. The molecule has 0 spiro atoms. The SMILES string of the molecule is CCC[C@H]1CN(C(=O)c2ccccc2-c2cccc(C)c2)C[C@@H]1N. The van der Waals surface area contributed by atoms with Crippen LogP contribution in [0, 0.1) is 12.8 Å². The van der Waals surface area contributed by atoms with Crippen molar-refractivity contribution >= 4 is 5.91 Å². The molecule has 1 amide bonds. The van der Waals surface area contributed by atoms with E-state index >= 15 is 0 Å². The monoisotopic (exact) mass is 322 g/mol. The molecule has 1 aliphatic heterocycles. The molecule has 0 bridgehead atoms. The number of amides is 1. The van der Waals surface area contributed by atoms with E-state index < -0.39 is 0 Å². The zero-order valence-electron chi connectivity index (χ0n) is 14.5. The zero-order chi connectivity index (χ0) is 17.1. The van der Waals surface area contributed by atoms with Crippen molar-refractivity contribution in [3.63, 3.8) is 0 Å². The summed E-state index contributed by atoms with van der Waals surface area (Å²) in [5.74, 6) is 0.520. The molecular formula is C21H26N2O. The summed E-state index contributed by atoms with van der Waals surface area (Å²) in [6.07, 6.45) is 2.20. The summed E-state index contributed by atoms with van der Waals surface area (Å²) in [6, 6.07) is 16.3. The number of rotatable bonds is 4. The minimum absolute atomic E-state index is 0.0973. The van der Waals surface area contributed by atoms with E-state index in [1.165, 1.54) is 5.56 Å². The maximum absolute atomic E-state index is 13.1. The summed E-state index contributed by atoms with van der Waals surface area (Å²) in [5.41, 5.74) is 10.3. The summed E-state index contributed by atoms with van der Waals surface area (Å²) in [7, 11) is 0. The van der Waals surface area contributed by atoms with E-state index in [0.717, 1.165) is 36.1 Å². The molecule has 1 saturated heterocycles. The number of benzene rings is 2. The summed E-state index contributed by atoms with van der Waals surface area (Å²) < 4.78 is 0. The number of hydrogen-bond acceptors (Lipinski definition) is 2. The van der Waals surface area contributed by atoms with Crippen LogP contribution < -0.4 is 5.73 Å². The molecule has 2 aromatic carbocycles. The van der Waals surface area contributed by atoms with Crippen LogP contribution in [0.4, 0.5) is 0 Å². The largest absolute Gasteiger partial charge is 0.337 e. The Hall–Kier alpha value is -2.13. The number of aryl methyl sites for hydroxylation is 1. The molecule has 0 aliphatic carbocycles. The molecule has 3 rings (SSSR count). The van der Waals surface area contributed by atoms with Crippen molar-refractivity contribution in [1.82, 2.24) is 4.90 Å². The molecule has 1 aliphatic rings. The Morgan fingerprint density at radius 1 is 1.17 bits per heavy atom. The molecule has 0 radical (unpaired) electrons. The molecule has 3 nitrogen and oxygen atoms in total. The maximum Gasteiger partial charge on any atom is 0.254 e. The van der Waals surface area contributed by atoms with E-state index in [1.54, 1.807) is 0 Å². The van der Waals surface area contributed by atoms with Gasteiger partial charge in [0.2, 0.25) is 0 Å². The van der Waals surface area contributed by atoms with Gasteiger partial charge in [-0.2, -0.15) is 0 Å². The van der Waals surface area contributed by atoms with Gasteiger partial charge in [-0.1, -0.05) is 61.4 Å². The Kier molecular flexibility index (Phi) is 5.00. The van der Waals surface area contributed by atoms with Crippen molar-refractivity contribution < 1.29 is 4.79 Å². The van der Waals surface area contributed by atoms with E-state index in [4.69, 9.17) is 5.73 Å². The number of likely N-dealkylation sites (tertiary alicyclic amines) is 1. The second kappa shape index (κ2) is 7.18. The van der Waals surface area contributed by atoms with E-state index in [0.29, 0.717) is 12.5 Å². The first kappa shape index (κ1) is 16.7. The Balaban J connectivity index is 1.89. The second-order valence-electron chi connectivity index (χ2n) is 6.84. The molecule has 24 heavy (non-hydrogen) atoms. The number of nitrogens with two attached hydrogens (primary N) is 1. The van der Waals surface area contributed by atoms with E-state index in [1.807, 2.05) is 35.2 Å². The van der Waals surface area contributed by atoms with Crippen LogP contribution in [0.3, 0.4) is 0 Å². The molecule has 0 unspecified atom stereocenters. The quantitative estimate of drug-likeness (QED) is 0.929. The van der Waals surface area contributed by atoms with Gasteiger partial charge in [0.15, 0.2) is 0 Å². The Morgan fingerprint density at radius 2 is 1.96 bits per heavy atom. The van der Waals surface area contributed by atoms with Crippen molar-refractivity contribution in [2.45, 2.75) is 32.7 Å². The standard InChI is InChI=1S/C21H26N2O/c1-3-7-17-13-23(14-20(17)22)21(24)19-11-5-4-10-18(19)16-9-6-8-15(2)12-16/h4-6,8-12,17,20H,3,7,13-14,22H2,1-2H3/t17-,20-/m0/s1. The predicted octanol–water partition coefficient (Wildman–Crippen LogP) is 3.86. The Morgan fingerprint density at radius 3 is 2.71 bits per heavy atom. The lowest BCUT2D eigenvalue weighted by molar-refractivity contribution is 0.0786. The van der Waals surface area contributed by atoms with Crippen LogP contribution in [0.1, 0.15) is 35.7 Å². The molecular weight excluding hydrogens is 296 g/mol. The smallest absolute Gasteiger partial charge is 0.254 e. The minimum atomic E-state index is 0.0973. The molecule has 1 heterocycles. The van der Waals surface area contributed by atoms with E-state index in [9.17, 15) is 4.79 Å². The van der Waals surface area contributed by atoms with Crippen LogP contribution in [0.5, 0.6) is 0 Å². The lowest BCUT2D eigenvalue weighted by Crippen LogP contribution is -2.32. The normalized spacial score (nSPS) is 20.4. The third-order valence-electron chi connectivity index (χ3n) is 4.92. The van der Waals surface area contributed by atoms with Gasteiger partial charge in [-0.15, -0.1) is 0 Å². The number of carbonyl (C=O) groups excluding carboxylic acids is 1. The van der Waals surface area contributed by atoms with E-state index in [-0.39, 0.29) is 11.9 Å². The molecule has 1 fully saturated rings. The lowest BCUT2D eigenvalue weighted by Gasteiger charge is -2.18. The zero-order valence-corrected chi connectivity index (χ0v) is 14.5. The van der Waals surface area contributed by atoms with Crippen molar-refractivity contribution in [2.75, 3.05) is 13.1 Å². The topological polar surface area (TPSA) is 46.3 Å². The van der Waals surface area contributed by atoms with Gasteiger partial charge in [0.25, 0.3) is 5.91 Å². The summed E-state index contributed by atoms with van der Waals surface area (Å²) >= 11 is 0. The van der Waals surface area contributed by atoms with Gasteiger partial charge in [-0.05, 0) is 36.5 Å². The van der Waals surface area contributed by atoms with Crippen molar-refractivity contribution in [3.8, 4) is 11.1 Å². The molecule has 2 aromatic rings. The van der Waals surface area contributed by atoms with Crippen molar-refractivity contribution in [1.29, 1.82) is 0 Å². The fraction of sp³-hybridized carbons (Fsp3) is 0.381. The average Bonchev–Trinajstić information content (AvgIpc) is 2.95. The number of nitrogens with zero attached hydrogens (tertiary/aromatic N) is 1. The number of carbonyl (C=O) groups is 1. The van der Waals surface area contributed by atoms with Crippen molar-refractivity contribution in [3.05, 3.63) is 59.7 Å².